The minimum atomic E-state index is -0.201. The van der Waals surface area contributed by atoms with Crippen LogP contribution in [0.5, 0.6) is 0 Å². The second-order valence-corrected chi connectivity index (χ2v) is 4.98. The van der Waals surface area contributed by atoms with Crippen LogP contribution in [0.3, 0.4) is 0 Å². The van der Waals surface area contributed by atoms with E-state index >= 15 is 0 Å². The molecule has 0 spiro atoms. The number of rotatable bonds is 3. The number of nitrogens with one attached hydrogen (secondary N) is 2. The lowest BCUT2D eigenvalue weighted by atomic mass is 10.1. The lowest BCUT2D eigenvalue weighted by Gasteiger charge is -2.11. The first kappa shape index (κ1) is 12.7. The van der Waals surface area contributed by atoms with Gasteiger partial charge in [-0.25, -0.2) is 0 Å². The molecule has 1 fully saturated rings. The van der Waals surface area contributed by atoms with E-state index in [2.05, 4.69) is 10.6 Å². The third-order valence-corrected chi connectivity index (χ3v) is 3.53. The fourth-order valence-electron chi connectivity index (χ4n) is 1.93. The van der Waals surface area contributed by atoms with Crippen molar-refractivity contribution in [3.05, 3.63) is 33.8 Å². The van der Waals surface area contributed by atoms with E-state index in [1.807, 2.05) is 0 Å². The van der Waals surface area contributed by atoms with E-state index in [-0.39, 0.29) is 5.91 Å². The Kier molecular flexibility index (Phi) is 4.26. The van der Waals surface area contributed by atoms with Gasteiger partial charge in [-0.05, 0) is 37.6 Å². The van der Waals surface area contributed by atoms with Gasteiger partial charge in [-0.2, -0.15) is 0 Å². The Labute approximate surface area is 110 Å². The van der Waals surface area contributed by atoms with Crippen LogP contribution in [0.25, 0.3) is 0 Å². The van der Waals surface area contributed by atoms with Gasteiger partial charge in [-0.15, -0.1) is 0 Å². The summed E-state index contributed by atoms with van der Waals surface area (Å²) in [4.78, 5) is 11.9. The normalized spacial score (nSPS) is 19.3. The maximum atomic E-state index is 11.9. The van der Waals surface area contributed by atoms with Crippen LogP contribution in [0.4, 0.5) is 0 Å². The highest BCUT2D eigenvalue weighted by molar-refractivity contribution is 6.39. The van der Waals surface area contributed by atoms with E-state index in [4.69, 9.17) is 23.2 Å². The summed E-state index contributed by atoms with van der Waals surface area (Å²) < 4.78 is 0. The molecule has 17 heavy (non-hydrogen) atoms. The Bertz CT molecular complexity index is 397. The molecule has 1 unspecified atom stereocenters. The molecule has 0 saturated carbocycles. The Morgan fingerprint density at radius 2 is 2.12 bits per heavy atom. The number of hydrogen-bond acceptors (Lipinski definition) is 2. The topological polar surface area (TPSA) is 41.1 Å². The predicted octanol–water partition coefficient (Wildman–Crippen LogP) is 2.33. The van der Waals surface area contributed by atoms with Crippen molar-refractivity contribution in [2.75, 3.05) is 19.6 Å². The van der Waals surface area contributed by atoms with Crippen LogP contribution in [0.15, 0.2) is 18.2 Å². The molecule has 0 bridgehead atoms. The Morgan fingerprint density at radius 3 is 2.71 bits per heavy atom. The fraction of sp³-hybridized carbons (Fsp3) is 0.417. The summed E-state index contributed by atoms with van der Waals surface area (Å²) in [6.45, 7) is 2.64. The average molecular weight is 273 g/mol. The highest BCUT2D eigenvalue weighted by Crippen LogP contribution is 2.24. The Morgan fingerprint density at radius 1 is 1.41 bits per heavy atom. The van der Waals surface area contributed by atoms with Crippen molar-refractivity contribution in [2.45, 2.75) is 6.42 Å². The van der Waals surface area contributed by atoms with Gasteiger partial charge in [-0.3, -0.25) is 4.79 Å². The predicted molar refractivity (Wildman–Crippen MR) is 69.8 cm³/mol. The smallest absolute Gasteiger partial charge is 0.254 e. The Hall–Kier alpha value is -0.770. The molecule has 1 heterocycles. The minimum Gasteiger partial charge on any atom is -0.352 e. The molecule has 1 aromatic carbocycles. The van der Waals surface area contributed by atoms with Crippen LogP contribution in [0.2, 0.25) is 10.0 Å². The summed E-state index contributed by atoms with van der Waals surface area (Å²) in [7, 11) is 0. The first-order valence-corrected chi connectivity index (χ1v) is 6.37. The zero-order valence-electron chi connectivity index (χ0n) is 9.30. The zero-order chi connectivity index (χ0) is 12.3. The van der Waals surface area contributed by atoms with Crippen LogP contribution in [0, 0.1) is 5.92 Å². The first-order valence-electron chi connectivity index (χ1n) is 5.61. The molecule has 92 valence electrons. The molecule has 0 aromatic heterocycles. The molecule has 1 aliphatic rings. The van der Waals surface area contributed by atoms with Crippen molar-refractivity contribution in [2.24, 2.45) is 5.92 Å². The number of hydrogen-bond donors (Lipinski definition) is 2. The lowest BCUT2D eigenvalue weighted by Crippen LogP contribution is -2.30. The standard InChI is InChI=1S/C12H14Cl2N2O/c13-9-2-1-3-10(14)11(9)12(17)16-7-8-4-5-15-6-8/h1-3,8,15H,4-7H2,(H,16,17). The monoisotopic (exact) mass is 272 g/mol. The van der Waals surface area contributed by atoms with Gasteiger partial charge < -0.3 is 10.6 Å². The molecular formula is C12H14Cl2N2O. The number of amides is 1. The SMILES string of the molecule is O=C(NCC1CCNC1)c1c(Cl)cccc1Cl. The maximum Gasteiger partial charge on any atom is 0.254 e. The van der Waals surface area contributed by atoms with E-state index in [1.165, 1.54) is 0 Å². The fourth-order valence-corrected chi connectivity index (χ4v) is 2.50. The lowest BCUT2D eigenvalue weighted by molar-refractivity contribution is 0.0948. The van der Waals surface area contributed by atoms with Crippen LogP contribution < -0.4 is 10.6 Å². The largest absolute Gasteiger partial charge is 0.352 e. The molecule has 1 amide bonds. The number of halogens is 2. The summed E-state index contributed by atoms with van der Waals surface area (Å²) in [5.74, 6) is 0.299. The van der Waals surface area contributed by atoms with Crippen molar-refractivity contribution >= 4 is 29.1 Å². The summed E-state index contributed by atoms with van der Waals surface area (Å²) >= 11 is 11.9. The second kappa shape index (κ2) is 5.71. The maximum absolute atomic E-state index is 11.9. The van der Waals surface area contributed by atoms with Crippen molar-refractivity contribution in [3.8, 4) is 0 Å². The number of carbonyl (C=O) groups is 1. The third-order valence-electron chi connectivity index (χ3n) is 2.90. The van der Waals surface area contributed by atoms with E-state index in [9.17, 15) is 4.79 Å². The quantitative estimate of drug-likeness (QED) is 0.887. The van der Waals surface area contributed by atoms with Gasteiger partial charge in [0.2, 0.25) is 0 Å². The van der Waals surface area contributed by atoms with Crippen molar-refractivity contribution < 1.29 is 4.79 Å². The molecule has 3 nitrogen and oxygen atoms in total. The summed E-state index contributed by atoms with van der Waals surface area (Å²) in [5, 5.41) is 6.91. The first-order chi connectivity index (χ1) is 8.18. The molecule has 2 rings (SSSR count). The Balaban J connectivity index is 1.99. The van der Waals surface area contributed by atoms with Crippen molar-refractivity contribution in [1.82, 2.24) is 10.6 Å². The van der Waals surface area contributed by atoms with Crippen LogP contribution in [-0.4, -0.2) is 25.5 Å². The van der Waals surface area contributed by atoms with Gasteiger partial charge in [0.25, 0.3) is 5.91 Å². The molecule has 0 aliphatic carbocycles. The van der Waals surface area contributed by atoms with Crippen LogP contribution in [-0.2, 0) is 0 Å². The number of benzene rings is 1. The van der Waals surface area contributed by atoms with Gasteiger partial charge in [0.15, 0.2) is 0 Å². The molecular weight excluding hydrogens is 259 g/mol. The van der Waals surface area contributed by atoms with Gasteiger partial charge in [0.1, 0.15) is 0 Å². The zero-order valence-corrected chi connectivity index (χ0v) is 10.8. The minimum absolute atomic E-state index is 0.201. The average Bonchev–Trinajstić information content (AvgIpc) is 2.79. The van der Waals surface area contributed by atoms with Crippen molar-refractivity contribution in [1.29, 1.82) is 0 Å². The van der Waals surface area contributed by atoms with Crippen molar-refractivity contribution in [3.63, 3.8) is 0 Å². The molecule has 1 saturated heterocycles. The van der Waals surface area contributed by atoms with Gasteiger partial charge in [0.05, 0.1) is 15.6 Å². The van der Waals surface area contributed by atoms with Crippen LogP contribution >= 0.6 is 23.2 Å². The second-order valence-electron chi connectivity index (χ2n) is 4.17. The summed E-state index contributed by atoms with van der Waals surface area (Å²) in [5.41, 5.74) is 0.363. The molecule has 5 heteroatoms. The highest BCUT2D eigenvalue weighted by atomic mass is 35.5. The number of carbonyl (C=O) groups excluding carboxylic acids is 1. The molecule has 1 aromatic rings. The molecule has 0 radical (unpaired) electrons. The molecule has 1 aliphatic heterocycles. The van der Waals surface area contributed by atoms with Gasteiger partial charge in [-0.1, -0.05) is 29.3 Å². The summed E-state index contributed by atoms with van der Waals surface area (Å²) in [6, 6.07) is 5.06. The molecule has 2 N–H and O–H groups in total. The highest BCUT2D eigenvalue weighted by Gasteiger charge is 2.18. The summed E-state index contributed by atoms with van der Waals surface area (Å²) in [6.07, 6.45) is 1.09. The van der Waals surface area contributed by atoms with E-state index < -0.39 is 0 Å². The molecule has 1 atom stereocenters. The van der Waals surface area contributed by atoms with Gasteiger partial charge >= 0.3 is 0 Å². The van der Waals surface area contributed by atoms with E-state index in [1.54, 1.807) is 18.2 Å². The van der Waals surface area contributed by atoms with E-state index in [0.29, 0.717) is 28.1 Å². The third kappa shape index (κ3) is 3.12. The van der Waals surface area contributed by atoms with Gasteiger partial charge in [0, 0.05) is 6.54 Å². The van der Waals surface area contributed by atoms with E-state index in [0.717, 1.165) is 19.5 Å². The van der Waals surface area contributed by atoms with Crippen LogP contribution in [0.1, 0.15) is 16.8 Å².